The van der Waals surface area contributed by atoms with Crippen molar-refractivity contribution >= 4 is 17.5 Å². The zero-order valence-corrected chi connectivity index (χ0v) is 17.3. The molecule has 3 nitrogen and oxygen atoms in total. The van der Waals surface area contributed by atoms with Gasteiger partial charge in [0.2, 0.25) is 0 Å². The Morgan fingerprint density at radius 3 is 2.36 bits per heavy atom. The first-order valence-electron chi connectivity index (χ1n) is 9.85. The second-order valence-corrected chi connectivity index (χ2v) is 7.56. The van der Waals surface area contributed by atoms with Crippen molar-refractivity contribution in [1.29, 1.82) is 0 Å². The van der Waals surface area contributed by atoms with Crippen LogP contribution in [0, 0.1) is 6.92 Å². The number of nitrogens with two attached hydrogens (primary N) is 1. The third kappa shape index (κ3) is 4.15. The van der Waals surface area contributed by atoms with E-state index >= 15 is 0 Å². The van der Waals surface area contributed by atoms with Crippen molar-refractivity contribution in [2.24, 2.45) is 5.73 Å². The van der Waals surface area contributed by atoms with E-state index in [0.717, 1.165) is 48.2 Å². The number of unbranched alkanes of at least 4 members (excludes halogenated alkanes) is 2. The van der Waals surface area contributed by atoms with Gasteiger partial charge in [-0.1, -0.05) is 79.9 Å². The number of primary amides is 1. The Hall–Kier alpha value is -2.52. The molecule has 0 radical (unpaired) electrons. The summed E-state index contributed by atoms with van der Waals surface area (Å²) in [6, 6.07) is 18.0. The third-order valence-corrected chi connectivity index (χ3v) is 5.55. The van der Waals surface area contributed by atoms with Gasteiger partial charge in [0.05, 0.1) is 5.56 Å². The average molecular weight is 395 g/mol. The number of halogens is 1. The summed E-state index contributed by atoms with van der Waals surface area (Å²) in [7, 11) is 0. The van der Waals surface area contributed by atoms with E-state index in [1.165, 1.54) is 5.56 Å². The molecule has 1 heterocycles. The predicted molar refractivity (Wildman–Crippen MR) is 117 cm³/mol. The zero-order valence-electron chi connectivity index (χ0n) is 16.5. The van der Waals surface area contributed by atoms with Crippen molar-refractivity contribution < 1.29 is 4.79 Å². The number of aromatic nitrogens is 1. The van der Waals surface area contributed by atoms with Gasteiger partial charge in [-0.3, -0.25) is 4.79 Å². The highest BCUT2D eigenvalue weighted by Gasteiger charge is 2.25. The Balaban J connectivity index is 2.22. The fourth-order valence-electron chi connectivity index (χ4n) is 3.84. The van der Waals surface area contributed by atoms with Crippen LogP contribution in [0.3, 0.4) is 0 Å². The highest BCUT2D eigenvalue weighted by molar-refractivity contribution is 6.33. The minimum atomic E-state index is -0.407. The topological polar surface area (TPSA) is 48.0 Å². The first kappa shape index (κ1) is 20.2. The molecule has 0 aliphatic rings. The number of hydrogen-bond acceptors (Lipinski definition) is 1. The summed E-state index contributed by atoms with van der Waals surface area (Å²) in [5.74, 6) is -0.407. The minimum absolute atomic E-state index is 0.407. The molecular formula is C24H27ClN2O. The molecule has 0 saturated carbocycles. The fourth-order valence-corrected chi connectivity index (χ4v) is 4.07. The Morgan fingerprint density at radius 1 is 1.04 bits per heavy atom. The molecule has 0 aliphatic carbocycles. The summed E-state index contributed by atoms with van der Waals surface area (Å²) in [6.07, 6.45) is 4.23. The van der Waals surface area contributed by atoms with Gasteiger partial charge in [0.1, 0.15) is 0 Å². The van der Waals surface area contributed by atoms with Gasteiger partial charge in [-0.25, -0.2) is 0 Å². The molecule has 28 heavy (non-hydrogen) atoms. The Kier molecular flexibility index (Phi) is 6.58. The second kappa shape index (κ2) is 9.11. The SMILES string of the molecule is CCCCCc1c(-c2ccccc2Cl)c(C(N)=O)c(C)n1Cc1ccccc1. The maximum absolute atomic E-state index is 12.4. The van der Waals surface area contributed by atoms with Crippen LogP contribution < -0.4 is 5.73 Å². The van der Waals surface area contributed by atoms with Crippen molar-refractivity contribution in [3.8, 4) is 11.1 Å². The van der Waals surface area contributed by atoms with Gasteiger partial charge in [0.25, 0.3) is 5.91 Å². The Morgan fingerprint density at radius 2 is 1.71 bits per heavy atom. The summed E-state index contributed by atoms with van der Waals surface area (Å²) in [5, 5.41) is 0.638. The molecule has 1 amide bonds. The van der Waals surface area contributed by atoms with Gasteiger partial charge >= 0.3 is 0 Å². The summed E-state index contributed by atoms with van der Waals surface area (Å²) in [6.45, 7) is 4.88. The number of amides is 1. The maximum Gasteiger partial charge on any atom is 0.251 e. The molecule has 0 atom stereocenters. The predicted octanol–water partition coefficient (Wildman–Crippen LogP) is 6.00. The molecule has 146 valence electrons. The lowest BCUT2D eigenvalue weighted by molar-refractivity contribution is 0.1000. The van der Waals surface area contributed by atoms with E-state index < -0.39 is 5.91 Å². The first-order chi connectivity index (χ1) is 13.5. The number of carbonyl (C=O) groups excluding carboxylic acids is 1. The molecule has 3 rings (SSSR count). The molecule has 0 fully saturated rings. The number of carbonyl (C=O) groups is 1. The van der Waals surface area contributed by atoms with E-state index in [2.05, 4.69) is 23.6 Å². The molecular weight excluding hydrogens is 368 g/mol. The largest absolute Gasteiger partial charge is 0.366 e. The lowest BCUT2D eigenvalue weighted by Gasteiger charge is -2.14. The molecule has 1 aromatic heterocycles. The maximum atomic E-state index is 12.4. The lowest BCUT2D eigenvalue weighted by atomic mass is 9.97. The molecule has 0 aliphatic heterocycles. The molecule has 4 heteroatoms. The summed E-state index contributed by atoms with van der Waals surface area (Å²) in [4.78, 5) is 12.4. The van der Waals surface area contributed by atoms with Crippen molar-refractivity contribution in [1.82, 2.24) is 4.57 Å². The van der Waals surface area contributed by atoms with Gasteiger partial charge in [0, 0.05) is 34.1 Å². The van der Waals surface area contributed by atoms with Gasteiger partial charge in [-0.05, 0) is 31.4 Å². The van der Waals surface area contributed by atoms with Crippen LogP contribution in [0.2, 0.25) is 5.02 Å². The van der Waals surface area contributed by atoms with Crippen LogP contribution in [0.5, 0.6) is 0 Å². The zero-order chi connectivity index (χ0) is 20.1. The van der Waals surface area contributed by atoms with E-state index in [0.29, 0.717) is 17.1 Å². The van der Waals surface area contributed by atoms with Crippen molar-refractivity contribution in [2.75, 3.05) is 0 Å². The molecule has 2 aromatic carbocycles. The van der Waals surface area contributed by atoms with Crippen molar-refractivity contribution in [3.63, 3.8) is 0 Å². The van der Waals surface area contributed by atoms with Gasteiger partial charge in [-0.2, -0.15) is 0 Å². The molecule has 0 spiro atoms. The Labute approximate surface area is 172 Å². The van der Waals surface area contributed by atoms with Gasteiger partial charge < -0.3 is 10.3 Å². The van der Waals surface area contributed by atoms with E-state index in [4.69, 9.17) is 17.3 Å². The highest BCUT2D eigenvalue weighted by atomic mass is 35.5. The normalized spacial score (nSPS) is 11.0. The summed E-state index contributed by atoms with van der Waals surface area (Å²) in [5.41, 5.74) is 11.4. The molecule has 3 aromatic rings. The van der Waals surface area contributed by atoms with E-state index in [-0.39, 0.29) is 0 Å². The fraction of sp³-hybridized carbons (Fsp3) is 0.292. The van der Waals surface area contributed by atoms with Crippen molar-refractivity contribution in [2.45, 2.75) is 46.1 Å². The second-order valence-electron chi connectivity index (χ2n) is 7.16. The monoisotopic (exact) mass is 394 g/mol. The van der Waals surface area contributed by atoms with E-state index in [9.17, 15) is 4.79 Å². The van der Waals surface area contributed by atoms with Crippen LogP contribution in [-0.2, 0) is 13.0 Å². The molecule has 0 bridgehead atoms. The number of nitrogens with zero attached hydrogens (tertiary/aromatic N) is 1. The summed E-state index contributed by atoms with van der Waals surface area (Å²) >= 11 is 6.53. The molecule has 0 saturated heterocycles. The van der Waals surface area contributed by atoms with Crippen LogP contribution in [0.4, 0.5) is 0 Å². The first-order valence-corrected chi connectivity index (χ1v) is 10.2. The van der Waals surface area contributed by atoms with Crippen LogP contribution in [0.15, 0.2) is 54.6 Å². The van der Waals surface area contributed by atoms with Crippen LogP contribution in [0.1, 0.15) is 53.5 Å². The van der Waals surface area contributed by atoms with Crippen molar-refractivity contribution in [3.05, 3.63) is 82.1 Å². The van der Waals surface area contributed by atoms with E-state index in [1.54, 1.807) is 0 Å². The van der Waals surface area contributed by atoms with Crippen LogP contribution >= 0.6 is 11.6 Å². The van der Waals surface area contributed by atoms with Crippen LogP contribution in [-0.4, -0.2) is 10.5 Å². The molecule has 0 unspecified atom stereocenters. The van der Waals surface area contributed by atoms with Gasteiger partial charge in [0.15, 0.2) is 0 Å². The number of hydrogen-bond donors (Lipinski definition) is 1. The molecule has 2 N–H and O–H groups in total. The Bertz CT molecular complexity index is 960. The average Bonchev–Trinajstić information content (AvgIpc) is 2.95. The third-order valence-electron chi connectivity index (χ3n) is 5.22. The smallest absolute Gasteiger partial charge is 0.251 e. The van der Waals surface area contributed by atoms with E-state index in [1.807, 2.05) is 49.4 Å². The summed E-state index contributed by atoms with van der Waals surface area (Å²) < 4.78 is 2.24. The quantitative estimate of drug-likeness (QED) is 0.468. The number of rotatable bonds is 8. The van der Waals surface area contributed by atoms with Gasteiger partial charge in [-0.15, -0.1) is 0 Å². The minimum Gasteiger partial charge on any atom is -0.366 e. The lowest BCUT2D eigenvalue weighted by Crippen LogP contribution is -2.13. The standard InChI is InChI=1S/C24H27ClN2O/c1-3-4-6-15-21-23(19-13-9-10-14-20(19)25)22(24(26)28)17(2)27(21)16-18-11-7-5-8-12-18/h5,7-14H,3-4,6,15-16H2,1-2H3,(H2,26,28). The number of benzene rings is 2. The highest BCUT2D eigenvalue weighted by Crippen LogP contribution is 2.38. The van der Waals surface area contributed by atoms with Crippen LogP contribution in [0.25, 0.3) is 11.1 Å².